The Labute approximate surface area is 229 Å². The van der Waals surface area contributed by atoms with Crippen LogP contribution in [0.15, 0.2) is 67.0 Å². The normalized spacial score (nSPS) is 20.3. The molecule has 0 saturated carbocycles. The van der Waals surface area contributed by atoms with Crippen molar-refractivity contribution in [2.75, 3.05) is 18.9 Å². The first-order valence-corrected chi connectivity index (χ1v) is 14.1. The van der Waals surface area contributed by atoms with Crippen molar-refractivity contribution >= 4 is 30.7 Å². The maximum Gasteiger partial charge on any atom is 0.459 e. The van der Waals surface area contributed by atoms with Gasteiger partial charge in [0.15, 0.2) is 11.5 Å². The summed E-state index contributed by atoms with van der Waals surface area (Å²) >= 11 is 0. The Morgan fingerprint density at radius 1 is 1.18 bits per heavy atom. The van der Waals surface area contributed by atoms with E-state index in [-0.39, 0.29) is 24.6 Å². The number of rotatable bonds is 11. The summed E-state index contributed by atoms with van der Waals surface area (Å²) < 4.78 is 38.5. The summed E-state index contributed by atoms with van der Waals surface area (Å²) in [5.41, 5.74) is 7.66. The highest BCUT2D eigenvalue weighted by Crippen LogP contribution is 2.49. The number of benzene rings is 2. The monoisotopic (exact) mass is 568 g/mol. The van der Waals surface area contributed by atoms with E-state index in [0.29, 0.717) is 17.0 Å². The smallest absolute Gasteiger partial charge is 0.459 e. The van der Waals surface area contributed by atoms with Gasteiger partial charge in [-0.05, 0) is 24.6 Å². The molecule has 0 bridgehead atoms. The van der Waals surface area contributed by atoms with Gasteiger partial charge in [0.2, 0.25) is 0 Å². The Kier molecular flexibility index (Phi) is 8.38. The number of nitrogens with zero attached hydrogens (tertiary/aromatic N) is 4. The zero-order chi connectivity index (χ0) is 28.1. The Balaban J connectivity index is 1.31. The fraction of sp³-hybridized carbons (Fsp3) is 0.308. The van der Waals surface area contributed by atoms with Crippen molar-refractivity contribution in [1.82, 2.24) is 24.6 Å². The van der Waals surface area contributed by atoms with Crippen molar-refractivity contribution in [3.8, 4) is 5.75 Å². The highest BCUT2D eigenvalue weighted by atomic mass is 31.2. The van der Waals surface area contributed by atoms with Crippen LogP contribution in [0.4, 0.5) is 5.82 Å². The molecule has 1 unspecified atom stereocenters. The number of fused-ring (bicyclic) bond motifs is 1. The first kappa shape index (κ1) is 27.7. The number of hydrogen-bond acceptors (Lipinski definition) is 11. The number of nitrogen functional groups attached to an aromatic ring is 1. The number of nitrogens with one attached hydrogen (secondary N) is 1. The molecule has 14 heteroatoms. The molecule has 1 aliphatic heterocycles. The lowest BCUT2D eigenvalue weighted by Gasteiger charge is -2.24. The van der Waals surface area contributed by atoms with Crippen LogP contribution in [0.2, 0.25) is 0 Å². The van der Waals surface area contributed by atoms with Crippen LogP contribution in [-0.2, 0) is 30.0 Å². The summed E-state index contributed by atoms with van der Waals surface area (Å²) in [6, 6.07) is 17.6. The molecular weight excluding hydrogens is 539 g/mol. The van der Waals surface area contributed by atoms with E-state index in [1.165, 1.54) is 6.33 Å². The van der Waals surface area contributed by atoms with E-state index in [1.54, 1.807) is 41.8 Å². The van der Waals surface area contributed by atoms with Crippen LogP contribution in [-0.4, -0.2) is 56.0 Å². The van der Waals surface area contributed by atoms with Crippen LogP contribution >= 0.6 is 7.75 Å². The molecular formula is C26H29N6O7P. The molecule has 5 rings (SSSR count). The number of para-hydroxylation sites is 1. The number of esters is 1. The molecule has 4 N–H and O–H groups in total. The largest absolute Gasteiger partial charge is 0.460 e. The van der Waals surface area contributed by atoms with Gasteiger partial charge in [0.1, 0.15) is 48.7 Å². The summed E-state index contributed by atoms with van der Waals surface area (Å²) in [7, 11) is -4.17. The summed E-state index contributed by atoms with van der Waals surface area (Å²) in [6.45, 7) is 0.899. The maximum absolute atomic E-state index is 13.9. The standard InChI is InChI=1S/C26H29N6O7P/c1-17-30-25(27)24-26(31-17)32(16-28-24)22-12-20(21(14-33)37-22)39-40(35,38-19-10-6-3-7-11-19)29-13-23(34)36-15-18-8-4-2-5-9-18/h2-11,16,20-22,33H,12-15H2,1H3,(H,29,35)(H2,27,30,31)/t20-,21-,22-,40?/m1/s1. The van der Waals surface area contributed by atoms with Crippen molar-refractivity contribution in [2.45, 2.75) is 38.4 Å². The minimum absolute atomic E-state index is 0.0587. The topological polar surface area (TPSA) is 173 Å². The van der Waals surface area contributed by atoms with E-state index >= 15 is 0 Å². The lowest BCUT2D eigenvalue weighted by Crippen LogP contribution is -2.32. The van der Waals surface area contributed by atoms with Crippen LogP contribution in [0, 0.1) is 6.92 Å². The number of aryl methyl sites for hydroxylation is 1. The minimum atomic E-state index is -4.17. The number of ether oxygens (including phenoxy) is 2. The molecule has 1 saturated heterocycles. The van der Waals surface area contributed by atoms with Gasteiger partial charge in [-0.15, -0.1) is 0 Å². The second kappa shape index (κ2) is 12.1. The van der Waals surface area contributed by atoms with Crippen LogP contribution in [0.5, 0.6) is 5.75 Å². The molecule has 1 aliphatic rings. The Hall–Kier alpha value is -3.87. The number of aromatic nitrogens is 4. The molecule has 2 aromatic carbocycles. The molecule has 40 heavy (non-hydrogen) atoms. The summed E-state index contributed by atoms with van der Waals surface area (Å²) in [5.74, 6) is 0.298. The molecule has 4 aromatic rings. The number of imidazole rings is 1. The number of nitrogens with two attached hydrogens (primary N) is 1. The summed E-state index contributed by atoms with van der Waals surface area (Å²) in [5, 5.41) is 12.6. The molecule has 3 heterocycles. The fourth-order valence-electron chi connectivity index (χ4n) is 4.25. The van der Waals surface area contributed by atoms with E-state index in [4.69, 9.17) is 24.3 Å². The second-order valence-corrected chi connectivity index (χ2v) is 10.8. The number of aliphatic hydroxyl groups excluding tert-OH is 1. The van der Waals surface area contributed by atoms with Crippen LogP contribution in [0.25, 0.3) is 11.2 Å². The van der Waals surface area contributed by atoms with Crippen molar-refractivity contribution in [1.29, 1.82) is 0 Å². The Morgan fingerprint density at radius 2 is 1.90 bits per heavy atom. The number of anilines is 1. The predicted octanol–water partition coefficient (Wildman–Crippen LogP) is 2.90. The van der Waals surface area contributed by atoms with E-state index in [0.717, 1.165) is 5.56 Å². The summed E-state index contributed by atoms with van der Waals surface area (Å²) in [4.78, 5) is 25.3. The number of aliphatic hydroxyl groups is 1. The highest BCUT2D eigenvalue weighted by Gasteiger charge is 2.43. The average molecular weight is 569 g/mol. The van der Waals surface area contributed by atoms with Gasteiger partial charge in [-0.1, -0.05) is 48.5 Å². The quantitative estimate of drug-likeness (QED) is 0.179. The predicted molar refractivity (Wildman–Crippen MR) is 144 cm³/mol. The molecule has 4 atom stereocenters. The van der Waals surface area contributed by atoms with Gasteiger partial charge in [0.25, 0.3) is 0 Å². The maximum atomic E-state index is 13.9. The van der Waals surface area contributed by atoms with Gasteiger partial charge >= 0.3 is 13.7 Å². The van der Waals surface area contributed by atoms with Crippen molar-refractivity contribution in [2.24, 2.45) is 0 Å². The molecule has 13 nitrogen and oxygen atoms in total. The van der Waals surface area contributed by atoms with E-state index < -0.39 is 45.3 Å². The first-order chi connectivity index (χ1) is 19.3. The molecule has 0 aliphatic carbocycles. The van der Waals surface area contributed by atoms with Crippen LogP contribution in [0.1, 0.15) is 24.0 Å². The van der Waals surface area contributed by atoms with Gasteiger partial charge in [-0.2, -0.15) is 0 Å². The third kappa shape index (κ3) is 6.46. The fourth-order valence-corrected chi connectivity index (χ4v) is 5.73. The molecule has 2 aromatic heterocycles. The number of hydrogen-bond donors (Lipinski definition) is 3. The van der Waals surface area contributed by atoms with Crippen molar-refractivity contribution in [3.05, 3.63) is 78.4 Å². The van der Waals surface area contributed by atoms with Gasteiger partial charge < -0.3 is 24.8 Å². The molecule has 1 fully saturated rings. The lowest BCUT2D eigenvalue weighted by atomic mass is 10.2. The van der Waals surface area contributed by atoms with Gasteiger partial charge in [-0.3, -0.25) is 13.9 Å². The van der Waals surface area contributed by atoms with Gasteiger partial charge in [-0.25, -0.2) is 24.6 Å². The van der Waals surface area contributed by atoms with Gasteiger partial charge in [0.05, 0.1) is 12.9 Å². The highest BCUT2D eigenvalue weighted by molar-refractivity contribution is 7.52. The van der Waals surface area contributed by atoms with Gasteiger partial charge in [0, 0.05) is 6.42 Å². The van der Waals surface area contributed by atoms with Crippen LogP contribution < -0.4 is 15.3 Å². The van der Waals surface area contributed by atoms with E-state index in [1.807, 2.05) is 30.3 Å². The SMILES string of the molecule is Cc1nc(N)c2ncn([C@H]3C[C@@H](OP(=O)(NCC(=O)OCc4ccccc4)Oc4ccccc4)[C@@H](CO)O3)c2n1. The zero-order valence-corrected chi connectivity index (χ0v) is 22.5. The van der Waals surface area contributed by atoms with Crippen molar-refractivity contribution < 1.29 is 33.0 Å². The molecule has 0 radical (unpaired) electrons. The number of carbonyl (C=O) groups excluding carboxylic acids is 1. The first-order valence-electron chi connectivity index (χ1n) is 12.5. The Morgan fingerprint density at radius 3 is 2.62 bits per heavy atom. The van der Waals surface area contributed by atoms with E-state index in [2.05, 4.69) is 20.0 Å². The Bertz CT molecular complexity index is 1500. The molecule has 0 amide bonds. The summed E-state index contributed by atoms with van der Waals surface area (Å²) in [6.07, 6.45) is -0.723. The average Bonchev–Trinajstić information content (AvgIpc) is 3.55. The zero-order valence-electron chi connectivity index (χ0n) is 21.6. The minimum Gasteiger partial charge on any atom is -0.460 e. The lowest BCUT2D eigenvalue weighted by molar-refractivity contribution is -0.143. The third-order valence-corrected chi connectivity index (χ3v) is 7.68. The number of carbonyl (C=O) groups is 1. The third-order valence-electron chi connectivity index (χ3n) is 6.13. The molecule has 210 valence electrons. The van der Waals surface area contributed by atoms with E-state index in [9.17, 15) is 14.5 Å². The van der Waals surface area contributed by atoms with Crippen LogP contribution in [0.3, 0.4) is 0 Å². The van der Waals surface area contributed by atoms with Crippen molar-refractivity contribution in [3.63, 3.8) is 0 Å². The molecule has 0 spiro atoms. The second-order valence-electron chi connectivity index (χ2n) is 9.05.